The van der Waals surface area contributed by atoms with Gasteiger partial charge in [-0.2, -0.15) is 5.26 Å². The molecule has 1 N–H and O–H groups in total. The molecule has 0 aliphatic heterocycles. The average Bonchev–Trinajstić information content (AvgIpc) is 2.46. The third-order valence-corrected chi connectivity index (χ3v) is 3.37. The van der Waals surface area contributed by atoms with Gasteiger partial charge in [-0.05, 0) is 55.3 Å². The van der Waals surface area contributed by atoms with Crippen LogP contribution in [0.5, 0.6) is 0 Å². The maximum atomic E-state index is 13.7. The van der Waals surface area contributed by atoms with Gasteiger partial charge >= 0.3 is 0 Å². The number of hydrogen-bond acceptors (Lipinski definition) is 2. The molecule has 4 heteroatoms. The Labute approximate surface area is 123 Å². The van der Waals surface area contributed by atoms with Crippen molar-refractivity contribution in [2.75, 3.05) is 6.54 Å². The van der Waals surface area contributed by atoms with E-state index in [-0.39, 0.29) is 11.6 Å². The van der Waals surface area contributed by atoms with Crippen LogP contribution in [0.15, 0.2) is 36.4 Å². The van der Waals surface area contributed by atoms with Crippen molar-refractivity contribution in [1.29, 1.82) is 5.26 Å². The molecule has 0 spiro atoms. The Balaban J connectivity index is 1.86. The van der Waals surface area contributed by atoms with E-state index in [1.54, 1.807) is 18.2 Å². The normalized spacial score (nSPS) is 10.4. The summed E-state index contributed by atoms with van der Waals surface area (Å²) in [5.41, 5.74) is 2.84. The number of halogens is 2. The first-order valence-corrected chi connectivity index (χ1v) is 6.74. The quantitative estimate of drug-likeness (QED) is 0.854. The van der Waals surface area contributed by atoms with Gasteiger partial charge in [0.15, 0.2) is 0 Å². The molecule has 21 heavy (non-hydrogen) atoms. The summed E-state index contributed by atoms with van der Waals surface area (Å²) < 4.78 is 26.6. The molecule has 0 amide bonds. The van der Waals surface area contributed by atoms with Crippen LogP contribution in [0.3, 0.4) is 0 Å². The molecule has 0 radical (unpaired) electrons. The van der Waals surface area contributed by atoms with Crippen LogP contribution in [0.2, 0.25) is 0 Å². The smallest absolute Gasteiger partial charge is 0.129 e. The van der Waals surface area contributed by atoms with E-state index >= 15 is 0 Å². The lowest BCUT2D eigenvalue weighted by Gasteiger charge is -2.08. The molecule has 2 rings (SSSR count). The van der Waals surface area contributed by atoms with Crippen molar-refractivity contribution < 1.29 is 8.78 Å². The molecule has 0 bridgehead atoms. The fraction of sp³-hybridized carbons (Fsp3) is 0.235. The molecule has 2 aromatic carbocycles. The number of nitrogens with zero attached hydrogens (tertiary/aromatic N) is 1. The Hall–Kier alpha value is -2.25. The lowest BCUT2D eigenvalue weighted by molar-refractivity contribution is 0.587. The summed E-state index contributed by atoms with van der Waals surface area (Å²) >= 11 is 0. The third-order valence-electron chi connectivity index (χ3n) is 3.37. The summed E-state index contributed by atoms with van der Waals surface area (Å²) in [5, 5.41) is 11.8. The first-order valence-electron chi connectivity index (χ1n) is 6.74. The molecule has 0 saturated heterocycles. The highest BCUT2D eigenvalue weighted by Gasteiger charge is 2.04. The third kappa shape index (κ3) is 4.11. The summed E-state index contributed by atoms with van der Waals surface area (Å²) in [5.74, 6) is -0.608. The largest absolute Gasteiger partial charge is 0.312 e. The van der Waals surface area contributed by atoms with Crippen molar-refractivity contribution in [2.24, 2.45) is 0 Å². The predicted octanol–water partition coefficient (Wildman–Crippen LogP) is 3.48. The summed E-state index contributed by atoms with van der Waals surface area (Å²) in [6.45, 7) is 2.95. The van der Waals surface area contributed by atoms with E-state index in [9.17, 15) is 8.78 Å². The molecule has 0 saturated carbocycles. The van der Waals surface area contributed by atoms with Gasteiger partial charge < -0.3 is 5.32 Å². The number of nitrogens with one attached hydrogen (secondary N) is 1. The molecular weight excluding hydrogens is 270 g/mol. The lowest BCUT2D eigenvalue weighted by atomic mass is 10.1. The number of benzene rings is 2. The van der Waals surface area contributed by atoms with E-state index in [2.05, 4.69) is 5.32 Å². The zero-order valence-electron chi connectivity index (χ0n) is 11.8. The number of nitriles is 1. The van der Waals surface area contributed by atoms with Gasteiger partial charge in [0, 0.05) is 12.1 Å². The van der Waals surface area contributed by atoms with E-state index in [0.717, 1.165) is 17.5 Å². The van der Waals surface area contributed by atoms with Crippen LogP contribution in [0, 0.1) is 29.9 Å². The summed E-state index contributed by atoms with van der Waals surface area (Å²) in [6.07, 6.45) is 0.754. The number of hydrogen-bond donors (Lipinski definition) is 1. The van der Waals surface area contributed by atoms with Crippen molar-refractivity contribution in [1.82, 2.24) is 5.32 Å². The van der Waals surface area contributed by atoms with Gasteiger partial charge in [0.2, 0.25) is 0 Å². The molecule has 0 atom stereocenters. The minimum Gasteiger partial charge on any atom is -0.312 e. The van der Waals surface area contributed by atoms with Gasteiger partial charge in [-0.15, -0.1) is 0 Å². The molecule has 0 heterocycles. The highest BCUT2D eigenvalue weighted by atomic mass is 19.1. The van der Waals surface area contributed by atoms with E-state index < -0.39 is 0 Å². The van der Waals surface area contributed by atoms with Crippen LogP contribution in [-0.2, 0) is 13.0 Å². The fourth-order valence-corrected chi connectivity index (χ4v) is 2.15. The van der Waals surface area contributed by atoms with Gasteiger partial charge in [0.1, 0.15) is 11.6 Å². The van der Waals surface area contributed by atoms with E-state index in [1.807, 2.05) is 13.0 Å². The predicted molar refractivity (Wildman–Crippen MR) is 77.7 cm³/mol. The van der Waals surface area contributed by atoms with Gasteiger partial charge in [0.05, 0.1) is 11.6 Å². The first kappa shape index (κ1) is 15.1. The second-order valence-corrected chi connectivity index (χ2v) is 4.92. The topological polar surface area (TPSA) is 35.8 Å². The molecular formula is C17H16F2N2. The van der Waals surface area contributed by atoms with Crippen LogP contribution < -0.4 is 5.32 Å². The summed E-state index contributed by atoms with van der Waals surface area (Å²) in [6, 6.07) is 11.1. The molecule has 0 aliphatic rings. The number of rotatable bonds is 5. The monoisotopic (exact) mass is 286 g/mol. The summed E-state index contributed by atoms with van der Waals surface area (Å²) in [7, 11) is 0. The van der Waals surface area contributed by atoms with Crippen LogP contribution in [0.1, 0.15) is 22.3 Å². The van der Waals surface area contributed by atoms with Crippen LogP contribution in [-0.4, -0.2) is 6.54 Å². The maximum absolute atomic E-state index is 13.7. The lowest BCUT2D eigenvalue weighted by Crippen LogP contribution is -2.18. The SMILES string of the molecule is Cc1cc(F)ccc1CCNCc1ccc(C#N)cc1F. The molecule has 2 nitrogen and oxygen atoms in total. The molecule has 0 unspecified atom stereocenters. The molecule has 108 valence electrons. The minimum absolute atomic E-state index is 0.233. The second kappa shape index (κ2) is 6.96. The van der Waals surface area contributed by atoms with Crippen LogP contribution >= 0.6 is 0 Å². The van der Waals surface area contributed by atoms with E-state index in [0.29, 0.717) is 24.2 Å². The van der Waals surface area contributed by atoms with Crippen molar-refractivity contribution in [3.8, 4) is 6.07 Å². The van der Waals surface area contributed by atoms with E-state index in [4.69, 9.17) is 5.26 Å². The molecule has 0 aromatic heterocycles. The molecule has 2 aromatic rings. The minimum atomic E-state index is -0.375. The van der Waals surface area contributed by atoms with Gasteiger partial charge in [-0.1, -0.05) is 12.1 Å². The van der Waals surface area contributed by atoms with Crippen molar-refractivity contribution >= 4 is 0 Å². The van der Waals surface area contributed by atoms with Crippen molar-refractivity contribution in [2.45, 2.75) is 19.9 Å². The molecule has 0 fully saturated rings. The van der Waals surface area contributed by atoms with Gasteiger partial charge in [-0.25, -0.2) is 8.78 Å². The average molecular weight is 286 g/mol. The van der Waals surface area contributed by atoms with Crippen LogP contribution in [0.4, 0.5) is 8.78 Å². The number of aryl methyl sites for hydroxylation is 1. The van der Waals surface area contributed by atoms with Crippen molar-refractivity contribution in [3.05, 3.63) is 70.3 Å². The second-order valence-electron chi connectivity index (χ2n) is 4.92. The Morgan fingerprint density at radius 3 is 2.52 bits per heavy atom. The Kier molecular flexibility index (Phi) is 5.02. The summed E-state index contributed by atoms with van der Waals surface area (Å²) in [4.78, 5) is 0. The maximum Gasteiger partial charge on any atom is 0.129 e. The zero-order valence-corrected chi connectivity index (χ0v) is 11.8. The van der Waals surface area contributed by atoms with Crippen LogP contribution in [0.25, 0.3) is 0 Å². The Morgan fingerprint density at radius 2 is 1.86 bits per heavy atom. The molecule has 0 aliphatic carbocycles. The van der Waals surface area contributed by atoms with Gasteiger partial charge in [0.25, 0.3) is 0 Å². The Bertz CT molecular complexity index is 675. The highest BCUT2D eigenvalue weighted by molar-refractivity contribution is 5.33. The van der Waals surface area contributed by atoms with E-state index in [1.165, 1.54) is 18.2 Å². The van der Waals surface area contributed by atoms with Gasteiger partial charge in [-0.3, -0.25) is 0 Å². The standard InChI is InChI=1S/C17H16F2N2/c1-12-8-16(18)5-4-14(12)6-7-21-11-15-3-2-13(10-20)9-17(15)19/h2-5,8-9,21H,6-7,11H2,1H3. The zero-order chi connectivity index (χ0) is 15.2. The van der Waals surface area contributed by atoms with Crippen molar-refractivity contribution in [3.63, 3.8) is 0 Å². The first-order chi connectivity index (χ1) is 10.1. The fourth-order valence-electron chi connectivity index (χ4n) is 2.15. The Morgan fingerprint density at radius 1 is 1.10 bits per heavy atom. The highest BCUT2D eigenvalue weighted by Crippen LogP contribution is 2.11.